The van der Waals surface area contributed by atoms with Crippen molar-refractivity contribution in [2.75, 3.05) is 0 Å². The number of benzene rings is 4. The Bertz CT molecular complexity index is 1330. The summed E-state index contributed by atoms with van der Waals surface area (Å²) < 4.78 is 11.6. The van der Waals surface area contributed by atoms with Crippen molar-refractivity contribution in [3.8, 4) is 22.3 Å². The number of nitro benzene ring substituents is 1. The van der Waals surface area contributed by atoms with Crippen LogP contribution in [-0.2, 0) is 4.57 Å². The lowest BCUT2D eigenvalue weighted by Crippen LogP contribution is -2.03. The molecule has 4 aromatic carbocycles. The lowest BCUT2D eigenvalue weighted by Gasteiger charge is -2.16. The summed E-state index contributed by atoms with van der Waals surface area (Å²) in [6.45, 7) is 1.83. The molecule has 0 saturated heterocycles. The molecule has 0 aliphatic carbocycles. The number of rotatable bonds is 4. The largest absolute Gasteiger partial charge is 0.356 e. The molecular weight excluding hydrogens is 401 g/mol. The Hall–Kier alpha value is -3.31. The van der Waals surface area contributed by atoms with Gasteiger partial charge in [0, 0.05) is 6.07 Å². The van der Waals surface area contributed by atoms with E-state index < -0.39 is 12.5 Å². The van der Waals surface area contributed by atoms with E-state index in [0.29, 0.717) is 11.1 Å². The zero-order valence-corrected chi connectivity index (χ0v) is 16.9. The summed E-state index contributed by atoms with van der Waals surface area (Å²) in [6.07, 6.45) is 0. The SMILES string of the molecule is Cc1cccc([N+](=O)[O-])c1-c1ccc2ccccc2c1-c1ccc(P(=O)(O)O)cc1. The molecule has 4 aromatic rings. The maximum atomic E-state index is 11.7. The van der Waals surface area contributed by atoms with Crippen molar-refractivity contribution < 1.29 is 19.3 Å². The maximum Gasteiger partial charge on any atom is 0.356 e. The first-order valence-corrected chi connectivity index (χ1v) is 10.8. The molecule has 0 amide bonds. The van der Waals surface area contributed by atoms with Gasteiger partial charge in [0.2, 0.25) is 0 Å². The van der Waals surface area contributed by atoms with E-state index in [4.69, 9.17) is 0 Å². The number of nitrogens with zero attached hydrogens (tertiary/aromatic N) is 1. The van der Waals surface area contributed by atoms with Crippen molar-refractivity contribution in [3.63, 3.8) is 0 Å². The van der Waals surface area contributed by atoms with Crippen molar-refractivity contribution in [1.29, 1.82) is 0 Å². The van der Waals surface area contributed by atoms with Gasteiger partial charge in [0.1, 0.15) is 0 Å². The van der Waals surface area contributed by atoms with E-state index in [1.807, 2.05) is 49.4 Å². The number of nitro groups is 1. The van der Waals surface area contributed by atoms with Gasteiger partial charge in [-0.15, -0.1) is 0 Å². The number of fused-ring (bicyclic) bond motifs is 1. The van der Waals surface area contributed by atoms with Gasteiger partial charge < -0.3 is 9.79 Å². The molecule has 0 saturated carbocycles. The molecule has 0 aliphatic rings. The Labute approximate surface area is 172 Å². The number of hydrogen-bond acceptors (Lipinski definition) is 3. The number of aryl methyl sites for hydroxylation is 1. The van der Waals surface area contributed by atoms with Gasteiger partial charge in [0.25, 0.3) is 5.69 Å². The molecule has 2 N–H and O–H groups in total. The second kappa shape index (κ2) is 7.50. The zero-order chi connectivity index (χ0) is 21.5. The third kappa shape index (κ3) is 3.53. The van der Waals surface area contributed by atoms with E-state index in [0.717, 1.165) is 27.5 Å². The summed E-state index contributed by atoms with van der Waals surface area (Å²) in [5, 5.41) is 13.5. The predicted octanol–water partition coefficient (Wildman–Crippen LogP) is 5.19. The van der Waals surface area contributed by atoms with Gasteiger partial charge in [-0.2, -0.15) is 0 Å². The fourth-order valence-corrected chi connectivity index (χ4v) is 4.31. The van der Waals surface area contributed by atoms with E-state index in [-0.39, 0.29) is 11.0 Å². The molecule has 0 heterocycles. The van der Waals surface area contributed by atoms with Crippen molar-refractivity contribution in [2.45, 2.75) is 6.92 Å². The average molecular weight is 419 g/mol. The lowest BCUT2D eigenvalue weighted by atomic mass is 9.87. The highest BCUT2D eigenvalue weighted by atomic mass is 31.2. The first kappa shape index (κ1) is 20.0. The highest BCUT2D eigenvalue weighted by molar-refractivity contribution is 7.60. The minimum atomic E-state index is -4.37. The summed E-state index contributed by atoms with van der Waals surface area (Å²) in [7, 11) is -4.37. The van der Waals surface area contributed by atoms with Crippen molar-refractivity contribution in [1.82, 2.24) is 0 Å². The van der Waals surface area contributed by atoms with E-state index >= 15 is 0 Å². The van der Waals surface area contributed by atoms with Crippen LogP contribution < -0.4 is 5.30 Å². The Kier molecular flexibility index (Phi) is 5.00. The molecule has 150 valence electrons. The average Bonchev–Trinajstić information content (AvgIpc) is 2.72. The quantitative estimate of drug-likeness (QED) is 0.269. The Balaban J connectivity index is 2.07. The van der Waals surface area contributed by atoms with Gasteiger partial charge in [-0.3, -0.25) is 14.7 Å². The molecular formula is C23H18NO5P. The summed E-state index contributed by atoms with van der Waals surface area (Å²) in [4.78, 5) is 30.2. The topological polar surface area (TPSA) is 101 Å². The van der Waals surface area contributed by atoms with Gasteiger partial charge in [-0.25, -0.2) is 0 Å². The van der Waals surface area contributed by atoms with Gasteiger partial charge in [-0.05, 0) is 52.1 Å². The van der Waals surface area contributed by atoms with Crippen molar-refractivity contribution in [3.05, 3.63) is 94.5 Å². The van der Waals surface area contributed by atoms with Crippen LogP contribution in [0.25, 0.3) is 33.0 Å². The van der Waals surface area contributed by atoms with Crippen LogP contribution in [0.2, 0.25) is 0 Å². The van der Waals surface area contributed by atoms with Gasteiger partial charge >= 0.3 is 7.60 Å². The fraction of sp³-hybridized carbons (Fsp3) is 0.0435. The minimum absolute atomic E-state index is 0.0124. The predicted molar refractivity (Wildman–Crippen MR) is 118 cm³/mol. The second-order valence-corrected chi connectivity index (χ2v) is 8.63. The minimum Gasteiger partial charge on any atom is -0.321 e. The molecule has 6 nitrogen and oxygen atoms in total. The summed E-state index contributed by atoms with van der Waals surface area (Å²) in [5.41, 5.74) is 3.51. The van der Waals surface area contributed by atoms with Crippen molar-refractivity contribution in [2.24, 2.45) is 0 Å². The zero-order valence-electron chi connectivity index (χ0n) is 16.0. The van der Waals surface area contributed by atoms with Crippen LogP contribution in [-0.4, -0.2) is 14.7 Å². The fourth-order valence-electron chi connectivity index (χ4n) is 3.77. The third-order valence-corrected chi connectivity index (χ3v) is 6.11. The molecule has 7 heteroatoms. The van der Waals surface area contributed by atoms with Crippen LogP contribution in [0.5, 0.6) is 0 Å². The van der Waals surface area contributed by atoms with E-state index in [2.05, 4.69) is 0 Å². The molecule has 0 spiro atoms. The standard InChI is InChI=1S/C23H18NO5P/c1-15-5-4-8-21(24(25)26)22(15)20-14-11-16-6-2-3-7-19(16)23(20)17-9-12-18(13-10-17)30(27,28)29/h2-14H,1H3,(H2,27,28,29). The van der Waals surface area contributed by atoms with Gasteiger partial charge in [0.15, 0.2) is 0 Å². The van der Waals surface area contributed by atoms with Crippen LogP contribution in [0.15, 0.2) is 78.9 Å². The third-order valence-electron chi connectivity index (χ3n) is 5.14. The summed E-state index contributed by atoms with van der Waals surface area (Å²) in [5.74, 6) is 0. The lowest BCUT2D eigenvalue weighted by molar-refractivity contribution is -0.384. The van der Waals surface area contributed by atoms with Crippen LogP contribution in [0.4, 0.5) is 5.69 Å². The molecule has 0 unspecified atom stereocenters. The highest BCUT2D eigenvalue weighted by Gasteiger charge is 2.22. The highest BCUT2D eigenvalue weighted by Crippen LogP contribution is 2.43. The molecule has 0 fully saturated rings. The monoisotopic (exact) mass is 419 g/mol. The summed E-state index contributed by atoms with van der Waals surface area (Å²) >= 11 is 0. The molecule has 4 rings (SSSR count). The Morgan fingerprint density at radius 1 is 0.833 bits per heavy atom. The van der Waals surface area contributed by atoms with Crippen LogP contribution in [0.1, 0.15) is 5.56 Å². The van der Waals surface area contributed by atoms with E-state index in [1.165, 1.54) is 18.2 Å². The first-order valence-electron chi connectivity index (χ1n) is 9.20. The first-order chi connectivity index (χ1) is 14.3. The molecule has 0 radical (unpaired) electrons. The van der Waals surface area contributed by atoms with Crippen LogP contribution >= 0.6 is 7.60 Å². The normalized spacial score (nSPS) is 11.6. The van der Waals surface area contributed by atoms with E-state index in [1.54, 1.807) is 18.2 Å². The molecule has 30 heavy (non-hydrogen) atoms. The second-order valence-electron chi connectivity index (χ2n) is 7.03. The van der Waals surface area contributed by atoms with Crippen LogP contribution in [0.3, 0.4) is 0 Å². The molecule has 0 atom stereocenters. The maximum absolute atomic E-state index is 11.7. The Morgan fingerprint density at radius 2 is 1.53 bits per heavy atom. The number of hydrogen-bond donors (Lipinski definition) is 2. The summed E-state index contributed by atoms with van der Waals surface area (Å²) in [6, 6.07) is 22.6. The Morgan fingerprint density at radius 3 is 2.20 bits per heavy atom. The van der Waals surface area contributed by atoms with Crippen molar-refractivity contribution >= 4 is 29.4 Å². The van der Waals surface area contributed by atoms with Gasteiger partial charge in [-0.1, -0.05) is 60.7 Å². The van der Waals surface area contributed by atoms with Crippen LogP contribution in [0, 0.1) is 17.0 Å². The van der Waals surface area contributed by atoms with Gasteiger partial charge in [0.05, 0.1) is 15.8 Å². The molecule has 0 aromatic heterocycles. The molecule has 0 bridgehead atoms. The van der Waals surface area contributed by atoms with E-state index in [9.17, 15) is 24.5 Å². The molecule has 0 aliphatic heterocycles. The smallest absolute Gasteiger partial charge is 0.321 e.